The van der Waals surface area contributed by atoms with Gasteiger partial charge in [0.2, 0.25) is 0 Å². The second-order valence-corrected chi connectivity index (χ2v) is 8.84. The number of hydrogen-bond acceptors (Lipinski definition) is 5. The van der Waals surface area contributed by atoms with E-state index in [9.17, 15) is 14.7 Å². The van der Waals surface area contributed by atoms with Gasteiger partial charge in [0, 0.05) is 5.41 Å². The highest BCUT2D eigenvalue weighted by atomic mass is 35.5. The Morgan fingerprint density at radius 2 is 1.74 bits per heavy atom. The molecule has 1 N–H and O–H groups in total. The third-order valence-electron chi connectivity index (χ3n) is 6.53. The van der Waals surface area contributed by atoms with Crippen molar-refractivity contribution < 1.29 is 24.2 Å². The Hall–Kier alpha value is -1.75. The fourth-order valence-corrected chi connectivity index (χ4v) is 5.99. The van der Waals surface area contributed by atoms with Crippen LogP contribution in [0.25, 0.3) is 0 Å². The molecule has 6 heteroatoms. The molecule has 0 unspecified atom stereocenters. The number of rotatable bonds is 6. The largest absolute Gasteiger partial charge is 0.503 e. The summed E-state index contributed by atoms with van der Waals surface area (Å²) in [7, 11) is 0. The molecule has 146 valence electrons. The minimum absolute atomic E-state index is 0.0142. The van der Waals surface area contributed by atoms with Crippen LogP contribution in [0.5, 0.6) is 11.5 Å². The zero-order valence-corrected chi connectivity index (χ0v) is 16.3. The van der Waals surface area contributed by atoms with E-state index in [0.717, 1.165) is 19.3 Å². The third kappa shape index (κ3) is 3.42. The lowest BCUT2D eigenvalue weighted by Crippen LogP contribution is -2.51. The van der Waals surface area contributed by atoms with Gasteiger partial charge in [0.05, 0.1) is 17.2 Å². The fourth-order valence-electron chi connectivity index (χ4n) is 5.78. The first-order chi connectivity index (χ1) is 12.9. The van der Waals surface area contributed by atoms with Gasteiger partial charge < -0.3 is 14.6 Å². The number of phenols is 1. The molecule has 4 bridgehead atoms. The quantitative estimate of drug-likeness (QED) is 0.727. The molecular weight excluding hydrogens is 368 g/mol. The molecule has 0 aliphatic heterocycles. The Morgan fingerprint density at radius 1 is 1.15 bits per heavy atom. The first-order valence-corrected chi connectivity index (χ1v) is 10.1. The number of hydrogen-bond donors (Lipinski definition) is 1. The normalized spacial score (nSPS) is 31.0. The van der Waals surface area contributed by atoms with Crippen molar-refractivity contribution in [2.24, 2.45) is 23.2 Å². The molecule has 4 aliphatic rings. The van der Waals surface area contributed by atoms with Crippen LogP contribution in [0.4, 0.5) is 0 Å². The van der Waals surface area contributed by atoms with Crippen LogP contribution < -0.4 is 4.74 Å². The summed E-state index contributed by atoms with van der Waals surface area (Å²) in [6, 6.07) is 2.72. The summed E-state index contributed by atoms with van der Waals surface area (Å²) in [4.78, 5) is 25.4. The molecule has 0 spiro atoms. The number of carbonyl (C=O) groups is 2. The van der Waals surface area contributed by atoms with Gasteiger partial charge in [0.15, 0.2) is 23.9 Å². The fraction of sp³-hybridized carbons (Fsp3) is 0.619. The highest BCUT2D eigenvalue weighted by Gasteiger charge is 2.54. The van der Waals surface area contributed by atoms with Crippen LogP contribution in [-0.2, 0) is 9.53 Å². The summed E-state index contributed by atoms with van der Waals surface area (Å²) >= 11 is 5.97. The van der Waals surface area contributed by atoms with Gasteiger partial charge in [-0.1, -0.05) is 11.6 Å². The van der Waals surface area contributed by atoms with Crippen molar-refractivity contribution in [1.82, 2.24) is 0 Å². The highest BCUT2D eigenvalue weighted by molar-refractivity contribution is 6.32. The maximum atomic E-state index is 13.0. The molecule has 0 radical (unpaired) electrons. The molecule has 4 saturated carbocycles. The molecule has 4 fully saturated rings. The van der Waals surface area contributed by atoms with Gasteiger partial charge in [-0.05, 0) is 75.3 Å². The zero-order valence-electron chi connectivity index (χ0n) is 15.5. The van der Waals surface area contributed by atoms with Crippen molar-refractivity contribution in [3.63, 3.8) is 0 Å². The molecule has 0 aromatic heterocycles. The predicted octanol–water partition coefficient (Wildman–Crippen LogP) is 4.39. The van der Waals surface area contributed by atoms with Crippen molar-refractivity contribution >= 4 is 23.4 Å². The topological polar surface area (TPSA) is 72.8 Å². The first kappa shape index (κ1) is 18.6. The molecule has 27 heavy (non-hydrogen) atoms. The number of esters is 1. The highest BCUT2D eigenvalue weighted by Crippen LogP contribution is 2.60. The molecule has 5 rings (SSSR count). The number of carbonyl (C=O) groups excluding carboxylic acids is 2. The summed E-state index contributed by atoms with van der Waals surface area (Å²) < 4.78 is 10.6. The van der Waals surface area contributed by atoms with Crippen molar-refractivity contribution in [2.45, 2.75) is 45.4 Å². The van der Waals surface area contributed by atoms with Crippen LogP contribution >= 0.6 is 11.6 Å². The summed E-state index contributed by atoms with van der Waals surface area (Å²) in [5.41, 5.74) is -0.113. The number of halogens is 1. The molecule has 0 amide bonds. The maximum absolute atomic E-state index is 13.0. The Balaban J connectivity index is 1.43. The van der Waals surface area contributed by atoms with E-state index in [-0.39, 0.29) is 39.9 Å². The SMILES string of the molecule is CCOc1cc(C(=O)OCC(=O)C23CC4CC(CC(C4)C2)C3)cc(Cl)c1O. The predicted molar refractivity (Wildman–Crippen MR) is 100 cm³/mol. The summed E-state index contributed by atoms with van der Waals surface area (Å²) in [5, 5.41) is 9.90. The standard InChI is InChI=1S/C21H25ClO5/c1-2-26-17-7-15(6-16(22)19(17)24)20(25)27-11-18(23)21-8-12-3-13(9-21)5-14(4-12)10-21/h6-7,12-14,24H,2-5,8-11H2,1H3. The smallest absolute Gasteiger partial charge is 0.338 e. The monoisotopic (exact) mass is 392 g/mol. The number of aromatic hydroxyl groups is 1. The number of benzene rings is 1. The second-order valence-electron chi connectivity index (χ2n) is 8.44. The lowest BCUT2D eigenvalue weighted by atomic mass is 9.48. The molecule has 5 nitrogen and oxygen atoms in total. The van der Waals surface area contributed by atoms with Crippen LogP contribution in [0.3, 0.4) is 0 Å². The van der Waals surface area contributed by atoms with Gasteiger partial charge in [-0.15, -0.1) is 0 Å². The number of ketones is 1. The molecule has 1 aromatic carbocycles. The minimum atomic E-state index is -0.629. The van der Waals surface area contributed by atoms with Gasteiger partial charge in [-0.3, -0.25) is 4.79 Å². The first-order valence-electron chi connectivity index (χ1n) is 9.76. The Kier molecular flexibility index (Phi) is 4.83. The van der Waals surface area contributed by atoms with Crippen molar-refractivity contribution in [1.29, 1.82) is 0 Å². The average molecular weight is 393 g/mol. The molecule has 0 saturated heterocycles. The van der Waals surface area contributed by atoms with E-state index in [1.807, 2.05) is 0 Å². The van der Waals surface area contributed by atoms with E-state index < -0.39 is 5.97 Å². The maximum Gasteiger partial charge on any atom is 0.338 e. The minimum Gasteiger partial charge on any atom is -0.503 e. The van der Waals surface area contributed by atoms with E-state index in [2.05, 4.69) is 0 Å². The van der Waals surface area contributed by atoms with Gasteiger partial charge in [-0.25, -0.2) is 4.79 Å². The van der Waals surface area contributed by atoms with Crippen LogP contribution in [0, 0.1) is 23.2 Å². The van der Waals surface area contributed by atoms with Gasteiger partial charge in [0.1, 0.15) is 0 Å². The zero-order chi connectivity index (χ0) is 19.2. The lowest BCUT2D eigenvalue weighted by molar-refractivity contribution is -0.147. The van der Waals surface area contributed by atoms with E-state index in [1.165, 1.54) is 31.4 Å². The third-order valence-corrected chi connectivity index (χ3v) is 6.82. The van der Waals surface area contributed by atoms with Crippen molar-refractivity contribution in [3.8, 4) is 11.5 Å². The van der Waals surface area contributed by atoms with E-state index in [4.69, 9.17) is 21.1 Å². The van der Waals surface area contributed by atoms with Crippen molar-refractivity contribution in [2.75, 3.05) is 13.2 Å². The molecule has 0 atom stereocenters. The van der Waals surface area contributed by atoms with Crippen LogP contribution in [0.1, 0.15) is 55.8 Å². The van der Waals surface area contributed by atoms with Gasteiger partial charge in [-0.2, -0.15) is 0 Å². The number of ether oxygens (including phenoxy) is 2. The van der Waals surface area contributed by atoms with Crippen LogP contribution in [-0.4, -0.2) is 30.1 Å². The van der Waals surface area contributed by atoms with E-state index in [1.54, 1.807) is 6.92 Å². The van der Waals surface area contributed by atoms with Gasteiger partial charge in [0.25, 0.3) is 0 Å². The Bertz CT molecular complexity index is 737. The number of Topliss-reactive ketones (excluding diaryl/α,β-unsaturated/α-hetero) is 1. The molecular formula is C21H25ClO5. The molecule has 4 aliphatic carbocycles. The number of phenolic OH excluding ortho intramolecular Hbond substituents is 1. The Morgan fingerprint density at radius 3 is 2.30 bits per heavy atom. The van der Waals surface area contributed by atoms with E-state index >= 15 is 0 Å². The second kappa shape index (κ2) is 7.01. The van der Waals surface area contributed by atoms with Gasteiger partial charge >= 0.3 is 5.97 Å². The summed E-state index contributed by atoms with van der Waals surface area (Å²) in [6.45, 7) is 1.89. The summed E-state index contributed by atoms with van der Waals surface area (Å²) in [5.74, 6) is 1.35. The van der Waals surface area contributed by atoms with Crippen LogP contribution in [0.2, 0.25) is 5.02 Å². The summed E-state index contributed by atoms with van der Waals surface area (Å²) in [6.07, 6.45) is 6.65. The average Bonchev–Trinajstić information content (AvgIpc) is 2.62. The lowest BCUT2D eigenvalue weighted by Gasteiger charge is -2.55. The molecule has 0 heterocycles. The molecule has 1 aromatic rings. The van der Waals surface area contributed by atoms with E-state index in [0.29, 0.717) is 24.4 Å². The van der Waals surface area contributed by atoms with Crippen molar-refractivity contribution in [3.05, 3.63) is 22.7 Å². The Labute approximate surface area is 164 Å². The van der Waals surface area contributed by atoms with Crippen LogP contribution in [0.15, 0.2) is 12.1 Å².